The summed E-state index contributed by atoms with van der Waals surface area (Å²) in [7, 11) is 0. The molecule has 1 unspecified atom stereocenters. The summed E-state index contributed by atoms with van der Waals surface area (Å²) in [4.78, 5) is 0. The van der Waals surface area contributed by atoms with Crippen molar-refractivity contribution >= 4 is 27.5 Å². The Bertz CT molecular complexity index is 440. The molecule has 0 saturated carbocycles. The largest absolute Gasteiger partial charge is 0.466 e. The second-order valence-corrected chi connectivity index (χ2v) is 4.87. The van der Waals surface area contributed by atoms with E-state index in [1.165, 1.54) is 0 Å². The molecule has 1 atom stereocenters. The molecule has 0 amide bonds. The van der Waals surface area contributed by atoms with E-state index in [0.29, 0.717) is 5.22 Å². The van der Waals surface area contributed by atoms with Gasteiger partial charge in [0, 0.05) is 5.56 Å². The summed E-state index contributed by atoms with van der Waals surface area (Å²) < 4.78 is 11.5. The highest BCUT2D eigenvalue weighted by atomic mass is 79.9. The predicted molar refractivity (Wildman–Crippen MR) is 70.3 cm³/mol. The van der Waals surface area contributed by atoms with Crippen LogP contribution in [0.1, 0.15) is 30.7 Å². The van der Waals surface area contributed by atoms with Gasteiger partial charge in [0.2, 0.25) is 0 Å². The third-order valence-electron chi connectivity index (χ3n) is 2.46. The van der Waals surface area contributed by atoms with Gasteiger partial charge < -0.3 is 14.2 Å². The standard InChI is InChI=1S/C12H13BrClNO2/c1-2-5-15-10(8-3-6-17-12(8)14)11-9(13)4-7-16-11/h3-4,6-7,10,15H,2,5H2,1H3. The first-order valence-corrected chi connectivity index (χ1v) is 6.60. The van der Waals surface area contributed by atoms with Gasteiger partial charge in [-0.2, -0.15) is 0 Å². The van der Waals surface area contributed by atoms with Crippen molar-refractivity contribution in [1.82, 2.24) is 5.32 Å². The number of halogens is 2. The van der Waals surface area contributed by atoms with E-state index in [0.717, 1.165) is 28.8 Å². The van der Waals surface area contributed by atoms with Gasteiger partial charge in [0.05, 0.1) is 23.0 Å². The lowest BCUT2D eigenvalue weighted by atomic mass is 10.1. The summed E-state index contributed by atoms with van der Waals surface area (Å²) in [5.41, 5.74) is 0.885. The Hall–Kier alpha value is -0.710. The van der Waals surface area contributed by atoms with Crippen LogP contribution in [-0.4, -0.2) is 6.54 Å². The molecule has 0 fully saturated rings. The first-order chi connectivity index (χ1) is 8.24. The monoisotopic (exact) mass is 317 g/mol. The Morgan fingerprint density at radius 3 is 2.65 bits per heavy atom. The fraction of sp³-hybridized carbons (Fsp3) is 0.333. The van der Waals surface area contributed by atoms with E-state index in [1.807, 2.05) is 12.1 Å². The van der Waals surface area contributed by atoms with Crippen molar-refractivity contribution in [2.75, 3.05) is 6.54 Å². The summed E-state index contributed by atoms with van der Waals surface area (Å²) in [6.07, 6.45) is 4.26. The lowest BCUT2D eigenvalue weighted by Crippen LogP contribution is -2.22. The van der Waals surface area contributed by atoms with Crippen LogP contribution in [0.15, 0.2) is 38.0 Å². The third kappa shape index (κ3) is 2.76. The van der Waals surface area contributed by atoms with E-state index < -0.39 is 0 Å². The fourth-order valence-corrected chi connectivity index (χ4v) is 2.31. The molecule has 2 rings (SSSR count). The molecule has 0 aliphatic carbocycles. The van der Waals surface area contributed by atoms with Crippen LogP contribution in [-0.2, 0) is 0 Å². The maximum absolute atomic E-state index is 6.02. The Morgan fingerprint density at radius 2 is 2.12 bits per heavy atom. The zero-order valence-electron chi connectivity index (χ0n) is 9.37. The van der Waals surface area contributed by atoms with Crippen LogP contribution < -0.4 is 5.32 Å². The fourth-order valence-electron chi connectivity index (χ4n) is 1.65. The molecule has 2 heterocycles. The molecule has 0 aliphatic heterocycles. The van der Waals surface area contributed by atoms with Crippen molar-refractivity contribution in [1.29, 1.82) is 0 Å². The van der Waals surface area contributed by atoms with Crippen LogP contribution in [0.2, 0.25) is 5.22 Å². The number of furan rings is 2. The van der Waals surface area contributed by atoms with Gasteiger partial charge in [0.25, 0.3) is 0 Å². The van der Waals surface area contributed by atoms with Crippen molar-refractivity contribution < 1.29 is 8.83 Å². The number of rotatable bonds is 5. The number of hydrogen-bond acceptors (Lipinski definition) is 3. The molecule has 2 aromatic rings. The quantitative estimate of drug-likeness (QED) is 0.889. The van der Waals surface area contributed by atoms with E-state index in [-0.39, 0.29) is 6.04 Å². The van der Waals surface area contributed by atoms with Crippen molar-refractivity contribution in [3.63, 3.8) is 0 Å². The summed E-state index contributed by atoms with van der Waals surface area (Å²) in [5, 5.41) is 3.78. The average molecular weight is 319 g/mol. The van der Waals surface area contributed by atoms with Gasteiger partial charge in [-0.15, -0.1) is 0 Å². The zero-order valence-corrected chi connectivity index (χ0v) is 11.7. The lowest BCUT2D eigenvalue weighted by molar-refractivity contribution is 0.441. The molecular formula is C12H13BrClNO2. The van der Waals surface area contributed by atoms with E-state index >= 15 is 0 Å². The van der Waals surface area contributed by atoms with Gasteiger partial charge in [-0.25, -0.2) is 0 Å². The molecule has 92 valence electrons. The van der Waals surface area contributed by atoms with Gasteiger partial charge >= 0.3 is 0 Å². The normalized spacial score (nSPS) is 12.9. The molecule has 0 aromatic carbocycles. The van der Waals surface area contributed by atoms with Crippen molar-refractivity contribution in [3.8, 4) is 0 Å². The van der Waals surface area contributed by atoms with Crippen molar-refractivity contribution in [2.45, 2.75) is 19.4 Å². The minimum Gasteiger partial charge on any atom is -0.466 e. The van der Waals surface area contributed by atoms with Gasteiger partial charge in [0.1, 0.15) is 5.76 Å². The Kier molecular flexibility index (Phi) is 4.31. The van der Waals surface area contributed by atoms with Crippen molar-refractivity contribution in [3.05, 3.63) is 45.7 Å². The maximum atomic E-state index is 6.02. The van der Waals surface area contributed by atoms with Gasteiger partial charge in [0.15, 0.2) is 5.22 Å². The lowest BCUT2D eigenvalue weighted by Gasteiger charge is -2.15. The second-order valence-electron chi connectivity index (χ2n) is 3.67. The summed E-state index contributed by atoms with van der Waals surface area (Å²) in [6, 6.07) is 3.62. The minimum atomic E-state index is -0.0921. The van der Waals surface area contributed by atoms with Crippen LogP contribution >= 0.6 is 27.5 Å². The van der Waals surface area contributed by atoms with Crippen LogP contribution in [0.3, 0.4) is 0 Å². The summed E-state index contributed by atoms with van der Waals surface area (Å²) in [5.74, 6) is 0.807. The topological polar surface area (TPSA) is 38.3 Å². The zero-order chi connectivity index (χ0) is 12.3. The SMILES string of the molecule is CCCNC(c1ccoc1Cl)c1occc1Br. The molecule has 0 spiro atoms. The molecule has 0 bridgehead atoms. The van der Waals surface area contributed by atoms with Crippen LogP contribution in [0, 0.1) is 0 Å². The molecule has 0 aliphatic rings. The van der Waals surface area contributed by atoms with Crippen molar-refractivity contribution in [2.24, 2.45) is 0 Å². The van der Waals surface area contributed by atoms with Gasteiger partial charge in [-0.05, 0) is 52.6 Å². The summed E-state index contributed by atoms with van der Waals surface area (Å²) in [6.45, 7) is 2.98. The highest BCUT2D eigenvalue weighted by Crippen LogP contribution is 2.33. The minimum absolute atomic E-state index is 0.0921. The average Bonchev–Trinajstić information content (AvgIpc) is 2.90. The maximum Gasteiger partial charge on any atom is 0.198 e. The first-order valence-electron chi connectivity index (χ1n) is 5.43. The first kappa shape index (κ1) is 12.7. The predicted octanol–water partition coefficient (Wildman–Crippen LogP) is 4.38. The van der Waals surface area contributed by atoms with E-state index in [4.69, 9.17) is 20.4 Å². The molecular weight excluding hydrogens is 305 g/mol. The van der Waals surface area contributed by atoms with Crippen LogP contribution in [0.4, 0.5) is 0 Å². The highest BCUT2D eigenvalue weighted by molar-refractivity contribution is 9.10. The number of nitrogens with one attached hydrogen (secondary N) is 1. The molecule has 5 heteroatoms. The van der Waals surface area contributed by atoms with Gasteiger partial charge in [-0.3, -0.25) is 0 Å². The van der Waals surface area contributed by atoms with E-state index in [9.17, 15) is 0 Å². The molecule has 2 aromatic heterocycles. The number of hydrogen-bond donors (Lipinski definition) is 1. The highest BCUT2D eigenvalue weighted by Gasteiger charge is 2.23. The Morgan fingerprint density at radius 1 is 1.35 bits per heavy atom. The third-order valence-corrected chi connectivity index (χ3v) is 3.42. The molecule has 0 saturated heterocycles. The second kappa shape index (κ2) is 5.76. The van der Waals surface area contributed by atoms with Gasteiger partial charge in [-0.1, -0.05) is 6.92 Å². The van der Waals surface area contributed by atoms with Crippen LogP contribution in [0.5, 0.6) is 0 Å². The molecule has 3 nitrogen and oxygen atoms in total. The molecule has 0 radical (unpaired) electrons. The summed E-state index contributed by atoms with van der Waals surface area (Å²) >= 11 is 9.48. The smallest absolute Gasteiger partial charge is 0.198 e. The van der Waals surface area contributed by atoms with E-state index in [2.05, 4.69) is 28.2 Å². The molecule has 17 heavy (non-hydrogen) atoms. The molecule has 1 N–H and O–H groups in total. The van der Waals surface area contributed by atoms with Crippen LogP contribution in [0.25, 0.3) is 0 Å². The van der Waals surface area contributed by atoms with E-state index in [1.54, 1.807) is 12.5 Å². The Labute approximate surface area is 113 Å². The Balaban J connectivity index is 2.32.